The Morgan fingerprint density at radius 1 is 1.40 bits per heavy atom. The molecule has 0 bridgehead atoms. The first kappa shape index (κ1) is 17.6. The Morgan fingerprint density at radius 3 is 2.88 bits per heavy atom. The lowest BCUT2D eigenvalue weighted by Gasteiger charge is -2.38. The van der Waals surface area contributed by atoms with Crippen molar-refractivity contribution in [2.45, 2.75) is 32.4 Å². The molecule has 0 radical (unpaired) electrons. The summed E-state index contributed by atoms with van der Waals surface area (Å²) in [5.74, 6) is -0.0958. The lowest BCUT2D eigenvalue weighted by molar-refractivity contribution is 0.0727. The number of nitrogens with zero attached hydrogens (tertiary/aromatic N) is 2. The number of rotatable bonds is 6. The van der Waals surface area contributed by atoms with E-state index < -0.39 is 0 Å². The van der Waals surface area contributed by atoms with Crippen molar-refractivity contribution in [1.82, 2.24) is 20.4 Å². The average Bonchev–Trinajstić information content (AvgIpc) is 3.12. The van der Waals surface area contributed by atoms with Crippen LogP contribution in [0.2, 0.25) is 0 Å². The van der Waals surface area contributed by atoms with E-state index in [1.165, 1.54) is 5.56 Å². The molecule has 134 valence electrons. The number of aromatic amines is 1. The Kier molecular flexibility index (Phi) is 5.83. The number of nitrogens with one attached hydrogen (secondary N) is 2. The molecule has 2 heterocycles. The van der Waals surface area contributed by atoms with Crippen LogP contribution in [0.1, 0.15) is 35.1 Å². The van der Waals surface area contributed by atoms with Gasteiger partial charge >= 0.3 is 0 Å². The maximum atomic E-state index is 12.5. The molecule has 6 nitrogen and oxygen atoms in total. The number of aliphatic hydroxyl groups is 1. The molecule has 0 spiro atoms. The zero-order valence-electron chi connectivity index (χ0n) is 14.6. The van der Waals surface area contributed by atoms with Crippen LogP contribution in [0.15, 0.2) is 36.4 Å². The van der Waals surface area contributed by atoms with E-state index in [9.17, 15) is 9.90 Å². The Hall–Kier alpha value is -2.18. The van der Waals surface area contributed by atoms with E-state index in [0.29, 0.717) is 5.69 Å². The van der Waals surface area contributed by atoms with Gasteiger partial charge in [-0.1, -0.05) is 37.3 Å². The first-order valence-corrected chi connectivity index (χ1v) is 8.92. The molecule has 6 heteroatoms. The van der Waals surface area contributed by atoms with Gasteiger partial charge in [0.15, 0.2) is 0 Å². The molecule has 1 saturated heterocycles. The summed E-state index contributed by atoms with van der Waals surface area (Å²) in [6.07, 6.45) is 1.68. The lowest BCUT2D eigenvalue weighted by atomic mass is 9.91. The molecule has 1 amide bonds. The quantitative estimate of drug-likeness (QED) is 0.745. The molecule has 25 heavy (non-hydrogen) atoms. The highest BCUT2D eigenvalue weighted by atomic mass is 16.3. The average molecular weight is 342 g/mol. The summed E-state index contributed by atoms with van der Waals surface area (Å²) in [4.78, 5) is 14.8. The number of aryl methyl sites for hydroxylation is 1. The maximum Gasteiger partial charge on any atom is 0.272 e. The minimum Gasteiger partial charge on any atom is -0.396 e. The second-order valence-corrected chi connectivity index (χ2v) is 6.66. The third-order valence-electron chi connectivity index (χ3n) is 4.88. The summed E-state index contributed by atoms with van der Waals surface area (Å²) in [6.45, 7) is 4.62. The van der Waals surface area contributed by atoms with Crippen molar-refractivity contribution in [3.8, 4) is 0 Å². The van der Waals surface area contributed by atoms with E-state index in [1.807, 2.05) is 25.1 Å². The molecule has 3 rings (SSSR count). The van der Waals surface area contributed by atoms with Gasteiger partial charge in [0.05, 0.1) is 0 Å². The van der Waals surface area contributed by atoms with E-state index in [0.717, 1.165) is 38.2 Å². The van der Waals surface area contributed by atoms with Gasteiger partial charge < -0.3 is 10.4 Å². The Labute approximate surface area is 148 Å². The monoisotopic (exact) mass is 342 g/mol. The molecule has 1 aliphatic heterocycles. The standard InChI is InChI=1S/C19H26N4O2/c1-2-16-10-17(22-21-16)19(25)20-18-12-23(9-8-15(18)13-24)11-14-6-4-3-5-7-14/h3-7,10,15,18,24H,2,8-9,11-13H2,1H3,(H,20,25)(H,21,22). The highest BCUT2D eigenvalue weighted by Gasteiger charge is 2.30. The fourth-order valence-electron chi connectivity index (χ4n) is 3.34. The highest BCUT2D eigenvalue weighted by molar-refractivity contribution is 5.92. The number of likely N-dealkylation sites (tertiary alicyclic amines) is 1. The van der Waals surface area contributed by atoms with Crippen LogP contribution in [0.3, 0.4) is 0 Å². The number of benzene rings is 1. The van der Waals surface area contributed by atoms with Gasteiger partial charge in [0.1, 0.15) is 5.69 Å². The molecule has 2 atom stereocenters. The first-order chi connectivity index (χ1) is 12.2. The van der Waals surface area contributed by atoms with Gasteiger partial charge in [-0.15, -0.1) is 0 Å². The summed E-state index contributed by atoms with van der Waals surface area (Å²) >= 11 is 0. The SMILES string of the molecule is CCc1cc(C(=O)NC2CN(Cc3ccccc3)CCC2CO)n[nH]1. The lowest BCUT2D eigenvalue weighted by Crippen LogP contribution is -2.53. The van der Waals surface area contributed by atoms with E-state index >= 15 is 0 Å². The molecule has 1 aromatic heterocycles. The largest absolute Gasteiger partial charge is 0.396 e. The van der Waals surface area contributed by atoms with E-state index in [2.05, 4.69) is 32.5 Å². The van der Waals surface area contributed by atoms with Crippen molar-refractivity contribution < 1.29 is 9.90 Å². The maximum absolute atomic E-state index is 12.5. The van der Waals surface area contributed by atoms with E-state index in [1.54, 1.807) is 6.07 Å². The normalized spacial score (nSPS) is 21.2. The van der Waals surface area contributed by atoms with Crippen molar-refractivity contribution in [2.75, 3.05) is 19.7 Å². The summed E-state index contributed by atoms with van der Waals surface area (Å²) in [6, 6.07) is 12.0. The zero-order chi connectivity index (χ0) is 17.6. The Morgan fingerprint density at radius 2 is 2.20 bits per heavy atom. The minimum atomic E-state index is -0.180. The van der Waals surface area contributed by atoms with Crippen LogP contribution in [0.25, 0.3) is 0 Å². The number of H-pyrrole nitrogens is 1. The smallest absolute Gasteiger partial charge is 0.272 e. The predicted octanol–water partition coefficient (Wildman–Crippen LogP) is 1.58. The van der Waals surface area contributed by atoms with Crippen molar-refractivity contribution in [3.63, 3.8) is 0 Å². The highest BCUT2D eigenvalue weighted by Crippen LogP contribution is 2.20. The number of carbonyl (C=O) groups is 1. The molecular weight excluding hydrogens is 316 g/mol. The van der Waals surface area contributed by atoms with Gasteiger partial charge in [-0.2, -0.15) is 5.10 Å². The number of aliphatic hydroxyl groups excluding tert-OH is 1. The van der Waals surface area contributed by atoms with Crippen LogP contribution in [0.5, 0.6) is 0 Å². The van der Waals surface area contributed by atoms with Gasteiger partial charge in [0, 0.05) is 37.4 Å². The Bertz CT molecular complexity index is 686. The summed E-state index contributed by atoms with van der Waals surface area (Å²) in [7, 11) is 0. The molecule has 3 N–H and O–H groups in total. The molecule has 0 saturated carbocycles. The van der Waals surface area contributed by atoms with Crippen LogP contribution < -0.4 is 5.32 Å². The number of hydrogen-bond donors (Lipinski definition) is 3. The first-order valence-electron chi connectivity index (χ1n) is 8.92. The predicted molar refractivity (Wildman–Crippen MR) is 96.1 cm³/mol. The molecule has 1 aromatic carbocycles. The third kappa shape index (κ3) is 4.46. The minimum absolute atomic E-state index is 0.0725. The number of amides is 1. The molecule has 1 fully saturated rings. The van der Waals surface area contributed by atoms with Gasteiger partial charge in [0.2, 0.25) is 0 Å². The summed E-state index contributed by atoms with van der Waals surface area (Å²) in [5.41, 5.74) is 2.61. The van der Waals surface area contributed by atoms with Crippen LogP contribution in [0.4, 0.5) is 0 Å². The number of piperidine rings is 1. The number of aromatic nitrogens is 2. The summed E-state index contributed by atoms with van der Waals surface area (Å²) in [5, 5.41) is 19.7. The molecule has 1 aliphatic rings. The molecule has 2 unspecified atom stereocenters. The summed E-state index contributed by atoms with van der Waals surface area (Å²) < 4.78 is 0. The van der Waals surface area contributed by atoms with Crippen LogP contribution in [0, 0.1) is 5.92 Å². The second-order valence-electron chi connectivity index (χ2n) is 6.66. The van der Waals surface area contributed by atoms with Crippen LogP contribution >= 0.6 is 0 Å². The zero-order valence-corrected chi connectivity index (χ0v) is 14.6. The fourth-order valence-corrected chi connectivity index (χ4v) is 3.34. The third-order valence-corrected chi connectivity index (χ3v) is 4.88. The van der Waals surface area contributed by atoms with Crippen LogP contribution in [-0.2, 0) is 13.0 Å². The van der Waals surface area contributed by atoms with Gasteiger partial charge in [-0.25, -0.2) is 0 Å². The van der Waals surface area contributed by atoms with Gasteiger partial charge in [-0.05, 0) is 31.0 Å². The topological polar surface area (TPSA) is 81.2 Å². The Balaban J connectivity index is 1.63. The van der Waals surface area contributed by atoms with Crippen LogP contribution in [-0.4, -0.2) is 51.8 Å². The van der Waals surface area contributed by atoms with Crippen molar-refractivity contribution in [1.29, 1.82) is 0 Å². The van der Waals surface area contributed by atoms with Gasteiger partial charge in [0.25, 0.3) is 5.91 Å². The van der Waals surface area contributed by atoms with Crippen molar-refractivity contribution in [2.24, 2.45) is 5.92 Å². The molecule has 2 aromatic rings. The van der Waals surface area contributed by atoms with E-state index in [-0.39, 0.29) is 24.5 Å². The van der Waals surface area contributed by atoms with Gasteiger partial charge in [-0.3, -0.25) is 14.8 Å². The molecule has 0 aliphatic carbocycles. The van der Waals surface area contributed by atoms with Crippen molar-refractivity contribution >= 4 is 5.91 Å². The van der Waals surface area contributed by atoms with Crippen molar-refractivity contribution in [3.05, 3.63) is 53.3 Å². The molecular formula is C19H26N4O2. The number of hydrogen-bond acceptors (Lipinski definition) is 4. The second kappa shape index (κ2) is 8.27. The fraction of sp³-hybridized carbons (Fsp3) is 0.474. The number of carbonyl (C=O) groups excluding carboxylic acids is 1. The van der Waals surface area contributed by atoms with E-state index in [4.69, 9.17) is 0 Å².